The number of benzene rings is 2. The van der Waals surface area contributed by atoms with E-state index in [0.29, 0.717) is 7.14 Å². The zero-order valence-electron chi connectivity index (χ0n) is 11.3. The van der Waals surface area contributed by atoms with Crippen molar-refractivity contribution >= 4 is 30.4 Å². The first-order valence-corrected chi connectivity index (χ1v) is 10.5. The Morgan fingerprint density at radius 2 is 1.55 bits per heavy atom. The zero-order chi connectivity index (χ0) is 16.4. The molecule has 22 heavy (non-hydrogen) atoms. The van der Waals surface area contributed by atoms with Gasteiger partial charge in [-0.3, -0.25) is 0 Å². The van der Waals surface area contributed by atoms with Gasteiger partial charge in [0.1, 0.15) is 0 Å². The average Bonchev–Trinajstić information content (AvgIpc) is 2.44. The fourth-order valence-electron chi connectivity index (χ4n) is 1.56. The second-order valence-electron chi connectivity index (χ2n) is 4.31. The molecule has 0 aliphatic rings. The molecular formula is C14H12F3IO3S. The molecule has 2 aromatic carbocycles. The molecule has 0 radical (unpaired) electrons. The van der Waals surface area contributed by atoms with Crippen LogP contribution in [-0.4, -0.2) is 13.9 Å². The Labute approximate surface area is 134 Å². The molecule has 0 N–H and O–H groups in total. The molecular weight excluding hydrogens is 432 g/mol. The number of aryl methyl sites for hydroxylation is 1. The third-order valence-electron chi connectivity index (χ3n) is 2.54. The van der Waals surface area contributed by atoms with Crippen LogP contribution in [0.2, 0.25) is 0 Å². The van der Waals surface area contributed by atoms with E-state index in [2.05, 4.69) is 2.51 Å². The number of hydrogen-bond donors (Lipinski definition) is 0. The van der Waals surface area contributed by atoms with E-state index < -0.39 is 35.9 Å². The SMILES string of the molecule is Cc1cccc(I(OS(=O)(=O)C(F)(F)F)c2ccccc2)c1. The van der Waals surface area contributed by atoms with E-state index >= 15 is 0 Å². The van der Waals surface area contributed by atoms with Gasteiger partial charge in [-0.15, -0.1) is 0 Å². The third kappa shape index (κ3) is 3.99. The van der Waals surface area contributed by atoms with Crippen molar-refractivity contribution in [3.05, 3.63) is 67.3 Å². The van der Waals surface area contributed by atoms with E-state index in [1.54, 1.807) is 61.5 Å². The molecule has 0 aliphatic heterocycles. The molecule has 0 atom stereocenters. The molecule has 0 fully saturated rings. The normalized spacial score (nSPS) is 13.0. The van der Waals surface area contributed by atoms with Crippen LogP contribution >= 0.6 is 20.2 Å². The van der Waals surface area contributed by atoms with Crippen molar-refractivity contribution in [1.82, 2.24) is 0 Å². The minimum absolute atomic E-state index is 0.477. The summed E-state index contributed by atoms with van der Waals surface area (Å²) < 4.78 is 66.2. The Balaban J connectivity index is 2.48. The number of hydrogen-bond acceptors (Lipinski definition) is 3. The fraction of sp³-hybridized carbons (Fsp3) is 0.143. The summed E-state index contributed by atoms with van der Waals surface area (Å²) in [6.45, 7) is 1.78. The summed E-state index contributed by atoms with van der Waals surface area (Å²) in [5.74, 6) is 0. The van der Waals surface area contributed by atoms with Crippen molar-refractivity contribution in [2.24, 2.45) is 0 Å². The molecule has 2 rings (SSSR count). The Hall–Kier alpha value is -1.13. The molecule has 0 heterocycles. The van der Waals surface area contributed by atoms with Crippen molar-refractivity contribution in [2.75, 3.05) is 0 Å². The van der Waals surface area contributed by atoms with Crippen LogP contribution in [0.25, 0.3) is 0 Å². The van der Waals surface area contributed by atoms with Gasteiger partial charge >= 0.3 is 134 Å². The van der Waals surface area contributed by atoms with Gasteiger partial charge in [0.15, 0.2) is 0 Å². The van der Waals surface area contributed by atoms with Gasteiger partial charge in [-0.1, -0.05) is 0 Å². The molecule has 0 unspecified atom stereocenters. The van der Waals surface area contributed by atoms with E-state index in [4.69, 9.17) is 0 Å². The quantitative estimate of drug-likeness (QED) is 0.521. The minimum atomic E-state index is -5.64. The van der Waals surface area contributed by atoms with E-state index in [1.165, 1.54) is 0 Å². The standard InChI is InChI=1S/C14H12F3IO3S/c1-11-6-5-9-13(10-11)18(12-7-3-2-4-8-12)21-22(19,20)14(15,16)17/h2-10H,1H3. The number of alkyl halides is 3. The Morgan fingerprint density at radius 3 is 2.09 bits per heavy atom. The molecule has 120 valence electrons. The first-order valence-electron chi connectivity index (χ1n) is 6.04. The molecule has 0 saturated carbocycles. The summed E-state index contributed by atoms with van der Waals surface area (Å²) in [6.07, 6.45) is 0. The molecule has 0 bridgehead atoms. The summed E-state index contributed by atoms with van der Waals surface area (Å²) in [4.78, 5) is 0. The first kappa shape index (κ1) is 17.2. The molecule has 2 aromatic rings. The van der Waals surface area contributed by atoms with Crippen molar-refractivity contribution in [2.45, 2.75) is 12.4 Å². The maximum atomic E-state index is 12.6. The van der Waals surface area contributed by atoms with E-state index in [9.17, 15) is 21.6 Å². The first-order chi connectivity index (χ1) is 10.2. The summed E-state index contributed by atoms with van der Waals surface area (Å²) in [6, 6.07) is 14.8. The molecule has 8 heteroatoms. The third-order valence-corrected chi connectivity index (χ3v) is 9.55. The fourth-order valence-corrected chi connectivity index (χ4v) is 8.31. The second-order valence-corrected chi connectivity index (χ2v) is 10.8. The van der Waals surface area contributed by atoms with Gasteiger partial charge in [-0.2, -0.15) is 0 Å². The van der Waals surface area contributed by atoms with Crippen LogP contribution in [0, 0.1) is 14.1 Å². The summed E-state index contributed by atoms with van der Waals surface area (Å²) in [7, 11) is -5.64. The van der Waals surface area contributed by atoms with Crippen LogP contribution in [0.5, 0.6) is 0 Å². The van der Waals surface area contributed by atoms with Crippen LogP contribution < -0.4 is 0 Å². The van der Waals surface area contributed by atoms with Gasteiger partial charge in [0.2, 0.25) is 0 Å². The summed E-state index contributed by atoms with van der Waals surface area (Å²) in [5.41, 5.74) is -4.61. The molecule has 0 saturated heterocycles. The van der Waals surface area contributed by atoms with Crippen molar-refractivity contribution in [1.29, 1.82) is 0 Å². The van der Waals surface area contributed by atoms with Crippen LogP contribution in [0.4, 0.5) is 13.2 Å². The van der Waals surface area contributed by atoms with Crippen LogP contribution in [0.3, 0.4) is 0 Å². The van der Waals surface area contributed by atoms with Gasteiger partial charge in [-0.25, -0.2) is 0 Å². The van der Waals surface area contributed by atoms with E-state index in [-0.39, 0.29) is 0 Å². The Morgan fingerprint density at radius 1 is 0.955 bits per heavy atom. The molecule has 0 amide bonds. The average molecular weight is 444 g/mol. The number of rotatable bonds is 4. The van der Waals surface area contributed by atoms with Crippen molar-refractivity contribution < 1.29 is 24.1 Å². The Bertz CT molecular complexity index is 745. The van der Waals surface area contributed by atoms with Gasteiger partial charge < -0.3 is 0 Å². The Kier molecular flexibility index (Phi) is 5.13. The predicted octanol–water partition coefficient (Wildman–Crippen LogP) is 4.32. The molecule has 0 aromatic heterocycles. The zero-order valence-corrected chi connectivity index (χ0v) is 14.3. The molecule has 0 aliphatic carbocycles. The van der Waals surface area contributed by atoms with E-state index in [1.807, 2.05) is 0 Å². The van der Waals surface area contributed by atoms with Gasteiger partial charge in [0.25, 0.3) is 0 Å². The van der Waals surface area contributed by atoms with Crippen LogP contribution in [0.1, 0.15) is 5.56 Å². The summed E-state index contributed by atoms with van der Waals surface area (Å²) >= 11 is -3.22. The van der Waals surface area contributed by atoms with E-state index in [0.717, 1.165) is 5.56 Å². The van der Waals surface area contributed by atoms with Gasteiger partial charge in [0.05, 0.1) is 0 Å². The second kappa shape index (κ2) is 6.55. The monoisotopic (exact) mass is 444 g/mol. The maximum absolute atomic E-state index is 12.6. The number of halogens is 4. The van der Waals surface area contributed by atoms with Crippen LogP contribution in [0.15, 0.2) is 54.6 Å². The van der Waals surface area contributed by atoms with Gasteiger partial charge in [-0.05, 0) is 0 Å². The predicted molar refractivity (Wildman–Crippen MR) is 85.1 cm³/mol. The molecule has 0 spiro atoms. The van der Waals surface area contributed by atoms with Gasteiger partial charge in [0, 0.05) is 0 Å². The van der Waals surface area contributed by atoms with Crippen molar-refractivity contribution in [3.8, 4) is 0 Å². The van der Waals surface area contributed by atoms with Crippen LogP contribution in [-0.2, 0) is 12.6 Å². The molecule has 3 nitrogen and oxygen atoms in total. The summed E-state index contributed by atoms with van der Waals surface area (Å²) in [5, 5.41) is 0. The van der Waals surface area contributed by atoms with Crippen molar-refractivity contribution in [3.63, 3.8) is 0 Å². The topological polar surface area (TPSA) is 43.4 Å².